The van der Waals surface area contributed by atoms with Crippen molar-refractivity contribution in [3.63, 3.8) is 0 Å². The molecule has 0 aliphatic carbocycles. The van der Waals surface area contributed by atoms with E-state index in [9.17, 15) is 4.79 Å². The number of rotatable bonds is 8. The van der Waals surface area contributed by atoms with Gasteiger partial charge in [-0.3, -0.25) is 4.79 Å². The highest BCUT2D eigenvalue weighted by atomic mass is 16.2. The first-order valence-corrected chi connectivity index (χ1v) is 8.61. The van der Waals surface area contributed by atoms with E-state index in [-0.39, 0.29) is 5.92 Å². The van der Waals surface area contributed by atoms with Crippen molar-refractivity contribution in [3.05, 3.63) is 0 Å². The zero-order chi connectivity index (χ0) is 15.0. The molecule has 3 nitrogen and oxygen atoms in total. The van der Waals surface area contributed by atoms with Gasteiger partial charge < -0.3 is 10.2 Å². The van der Waals surface area contributed by atoms with E-state index in [1.807, 2.05) is 0 Å². The lowest BCUT2D eigenvalue weighted by atomic mass is 9.94. The van der Waals surface area contributed by atoms with E-state index in [0.717, 1.165) is 45.3 Å². The fourth-order valence-electron chi connectivity index (χ4n) is 3.24. The van der Waals surface area contributed by atoms with Gasteiger partial charge in [-0.15, -0.1) is 0 Å². The molecule has 1 aliphatic rings. The Kier molecular flexibility index (Phi) is 8.20. The van der Waals surface area contributed by atoms with Crippen LogP contribution in [0.3, 0.4) is 0 Å². The fourth-order valence-corrected chi connectivity index (χ4v) is 3.24. The summed E-state index contributed by atoms with van der Waals surface area (Å²) >= 11 is 0. The summed E-state index contributed by atoms with van der Waals surface area (Å²) < 4.78 is 0. The van der Waals surface area contributed by atoms with Crippen molar-refractivity contribution in [2.24, 2.45) is 11.8 Å². The second-order valence-electron chi connectivity index (χ2n) is 6.57. The third kappa shape index (κ3) is 5.43. The van der Waals surface area contributed by atoms with Crippen molar-refractivity contribution < 1.29 is 4.79 Å². The number of hydrogen-bond donors (Lipinski definition) is 1. The Hall–Kier alpha value is -0.570. The third-order valence-electron chi connectivity index (χ3n) is 4.38. The number of amides is 1. The first-order valence-electron chi connectivity index (χ1n) is 8.61. The summed E-state index contributed by atoms with van der Waals surface area (Å²) in [6, 6.07) is 0.320. The summed E-state index contributed by atoms with van der Waals surface area (Å²) in [6.07, 6.45) is 6.80. The molecular formula is C17H34N2O. The average Bonchev–Trinajstić information content (AvgIpc) is 2.44. The van der Waals surface area contributed by atoms with Gasteiger partial charge in [0.1, 0.15) is 0 Å². The molecule has 1 amide bonds. The number of nitrogens with zero attached hydrogens (tertiary/aromatic N) is 1. The Morgan fingerprint density at radius 1 is 1.25 bits per heavy atom. The van der Waals surface area contributed by atoms with Crippen molar-refractivity contribution in [3.8, 4) is 0 Å². The average molecular weight is 282 g/mol. The Morgan fingerprint density at radius 3 is 2.35 bits per heavy atom. The zero-order valence-electron chi connectivity index (χ0n) is 14.0. The highest BCUT2D eigenvalue weighted by molar-refractivity contribution is 5.79. The van der Waals surface area contributed by atoms with Crippen LogP contribution in [0.25, 0.3) is 0 Å². The molecule has 0 aromatic carbocycles. The molecule has 0 spiro atoms. The lowest BCUT2D eigenvalue weighted by Gasteiger charge is -2.35. The first kappa shape index (κ1) is 17.5. The molecule has 3 heteroatoms. The second-order valence-corrected chi connectivity index (χ2v) is 6.57. The van der Waals surface area contributed by atoms with E-state index in [4.69, 9.17) is 0 Å². The molecule has 118 valence electrons. The molecule has 1 unspecified atom stereocenters. The van der Waals surface area contributed by atoms with Crippen LogP contribution in [0.2, 0.25) is 0 Å². The van der Waals surface area contributed by atoms with Gasteiger partial charge in [-0.2, -0.15) is 0 Å². The SMILES string of the molecule is CCCC(CCC)C(=O)N(CC1CCCNC1)C(C)C. The molecule has 20 heavy (non-hydrogen) atoms. The summed E-state index contributed by atoms with van der Waals surface area (Å²) in [6.45, 7) is 11.8. The van der Waals surface area contributed by atoms with Crippen LogP contribution in [0.4, 0.5) is 0 Å². The second kappa shape index (κ2) is 9.38. The van der Waals surface area contributed by atoms with Crippen LogP contribution >= 0.6 is 0 Å². The molecule has 0 aromatic heterocycles. The van der Waals surface area contributed by atoms with Gasteiger partial charge in [0.2, 0.25) is 5.91 Å². The standard InChI is InChI=1S/C17H34N2O/c1-5-8-16(9-6-2)17(20)19(14(3)4)13-15-10-7-11-18-12-15/h14-16,18H,5-13H2,1-4H3. The largest absolute Gasteiger partial charge is 0.340 e. The molecule has 0 radical (unpaired) electrons. The van der Waals surface area contributed by atoms with E-state index in [2.05, 4.69) is 37.9 Å². The molecule has 1 N–H and O–H groups in total. The molecular weight excluding hydrogens is 248 g/mol. The van der Waals surface area contributed by atoms with Crippen LogP contribution in [-0.4, -0.2) is 36.5 Å². The third-order valence-corrected chi connectivity index (χ3v) is 4.38. The summed E-state index contributed by atoms with van der Waals surface area (Å²) in [5, 5.41) is 3.46. The smallest absolute Gasteiger partial charge is 0.225 e. The van der Waals surface area contributed by atoms with Crippen molar-refractivity contribution in [2.45, 2.75) is 72.3 Å². The number of piperidine rings is 1. The van der Waals surface area contributed by atoms with Crippen LogP contribution in [-0.2, 0) is 4.79 Å². The maximum absolute atomic E-state index is 12.8. The van der Waals surface area contributed by atoms with E-state index in [0.29, 0.717) is 17.9 Å². The predicted octanol–water partition coefficient (Wildman–Crippen LogP) is 3.44. The first-order chi connectivity index (χ1) is 9.60. The Bertz CT molecular complexity index is 266. The minimum atomic E-state index is 0.240. The molecule has 0 aromatic rings. The number of nitrogens with one attached hydrogen (secondary N) is 1. The van der Waals surface area contributed by atoms with Gasteiger partial charge >= 0.3 is 0 Å². The van der Waals surface area contributed by atoms with E-state index in [1.165, 1.54) is 12.8 Å². The summed E-state index contributed by atoms with van der Waals surface area (Å²) in [5.74, 6) is 1.28. The molecule has 1 fully saturated rings. The minimum Gasteiger partial charge on any atom is -0.340 e. The number of hydrogen-bond acceptors (Lipinski definition) is 2. The normalized spacial score (nSPS) is 19.6. The van der Waals surface area contributed by atoms with Crippen LogP contribution in [0, 0.1) is 11.8 Å². The predicted molar refractivity (Wildman–Crippen MR) is 85.7 cm³/mol. The Labute approximate surface area is 125 Å². The lowest BCUT2D eigenvalue weighted by Crippen LogP contribution is -2.46. The van der Waals surface area contributed by atoms with Gasteiger partial charge in [0.15, 0.2) is 0 Å². The van der Waals surface area contributed by atoms with Crippen molar-refractivity contribution in [2.75, 3.05) is 19.6 Å². The molecule has 0 saturated carbocycles. The van der Waals surface area contributed by atoms with Gasteiger partial charge in [0.05, 0.1) is 0 Å². The monoisotopic (exact) mass is 282 g/mol. The van der Waals surface area contributed by atoms with Crippen LogP contribution in [0.1, 0.15) is 66.2 Å². The summed E-state index contributed by atoms with van der Waals surface area (Å²) in [5.41, 5.74) is 0. The summed E-state index contributed by atoms with van der Waals surface area (Å²) in [7, 11) is 0. The van der Waals surface area contributed by atoms with Crippen LogP contribution in [0.5, 0.6) is 0 Å². The molecule has 1 saturated heterocycles. The maximum Gasteiger partial charge on any atom is 0.225 e. The molecule has 1 aliphatic heterocycles. The number of carbonyl (C=O) groups is 1. The van der Waals surface area contributed by atoms with Gasteiger partial charge in [-0.05, 0) is 58.5 Å². The van der Waals surface area contributed by atoms with Gasteiger partial charge in [-0.25, -0.2) is 0 Å². The number of carbonyl (C=O) groups excluding carboxylic acids is 1. The van der Waals surface area contributed by atoms with Crippen LogP contribution < -0.4 is 5.32 Å². The Morgan fingerprint density at radius 2 is 1.90 bits per heavy atom. The molecule has 0 bridgehead atoms. The minimum absolute atomic E-state index is 0.240. The van der Waals surface area contributed by atoms with Crippen molar-refractivity contribution >= 4 is 5.91 Å². The molecule has 1 atom stereocenters. The summed E-state index contributed by atoms with van der Waals surface area (Å²) in [4.78, 5) is 15.0. The molecule has 1 heterocycles. The van der Waals surface area contributed by atoms with E-state index < -0.39 is 0 Å². The Balaban J connectivity index is 2.64. The maximum atomic E-state index is 12.8. The van der Waals surface area contributed by atoms with E-state index >= 15 is 0 Å². The van der Waals surface area contributed by atoms with Gasteiger partial charge in [0.25, 0.3) is 0 Å². The van der Waals surface area contributed by atoms with Crippen molar-refractivity contribution in [1.82, 2.24) is 10.2 Å². The van der Waals surface area contributed by atoms with Gasteiger partial charge in [0, 0.05) is 18.5 Å². The molecule has 1 rings (SSSR count). The zero-order valence-corrected chi connectivity index (χ0v) is 14.0. The van der Waals surface area contributed by atoms with E-state index in [1.54, 1.807) is 0 Å². The topological polar surface area (TPSA) is 32.3 Å². The lowest BCUT2D eigenvalue weighted by molar-refractivity contribution is -0.138. The fraction of sp³-hybridized carbons (Fsp3) is 0.941. The van der Waals surface area contributed by atoms with Crippen molar-refractivity contribution in [1.29, 1.82) is 0 Å². The highest BCUT2D eigenvalue weighted by Crippen LogP contribution is 2.21. The highest BCUT2D eigenvalue weighted by Gasteiger charge is 2.27. The quantitative estimate of drug-likeness (QED) is 0.739. The van der Waals surface area contributed by atoms with Gasteiger partial charge in [-0.1, -0.05) is 26.7 Å². The van der Waals surface area contributed by atoms with Crippen LogP contribution in [0.15, 0.2) is 0 Å².